The Labute approximate surface area is 82.7 Å². The van der Waals surface area contributed by atoms with Crippen LogP contribution in [0, 0.1) is 0 Å². The Hall–Kier alpha value is -0.820. The van der Waals surface area contributed by atoms with Crippen LogP contribution in [0.5, 0.6) is 0 Å². The number of carbonyl (C=O) groups is 1. The van der Waals surface area contributed by atoms with E-state index >= 15 is 0 Å². The molecule has 0 aliphatic heterocycles. The Morgan fingerprint density at radius 1 is 1.23 bits per heavy atom. The van der Waals surface area contributed by atoms with E-state index in [1.807, 2.05) is 24.3 Å². The first-order chi connectivity index (χ1) is 6.25. The van der Waals surface area contributed by atoms with Crippen molar-refractivity contribution in [3.05, 3.63) is 34.9 Å². The average Bonchev–Trinajstić information content (AvgIpc) is 2.53. The van der Waals surface area contributed by atoms with E-state index in [4.69, 9.17) is 11.6 Å². The molecule has 0 amide bonds. The molecular formula is C11H11ClO. The summed E-state index contributed by atoms with van der Waals surface area (Å²) in [5.74, 6) is 0.824. The summed E-state index contributed by atoms with van der Waals surface area (Å²) in [5, 5.41) is 0.757. The Bertz CT molecular complexity index is 315. The fourth-order valence-electron chi connectivity index (χ4n) is 1.83. The molecule has 2 rings (SSSR count). The zero-order chi connectivity index (χ0) is 9.26. The van der Waals surface area contributed by atoms with Crippen LogP contribution >= 0.6 is 11.6 Å². The molecule has 0 bridgehead atoms. The third kappa shape index (κ3) is 1.92. The van der Waals surface area contributed by atoms with Crippen LogP contribution < -0.4 is 0 Å². The largest absolute Gasteiger partial charge is 0.300 e. The number of hydrogen-bond acceptors (Lipinski definition) is 1. The third-order valence-corrected chi connectivity index (χ3v) is 2.84. The van der Waals surface area contributed by atoms with Crippen LogP contribution in [-0.2, 0) is 4.79 Å². The second-order valence-electron chi connectivity index (χ2n) is 3.53. The molecule has 0 aromatic heterocycles. The van der Waals surface area contributed by atoms with Gasteiger partial charge in [0.2, 0.25) is 0 Å². The highest BCUT2D eigenvalue weighted by Gasteiger charge is 2.22. The van der Waals surface area contributed by atoms with Gasteiger partial charge >= 0.3 is 0 Å². The van der Waals surface area contributed by atoms with Crippen molar-refractivity contribution < 1.29 is 4.79 Å². The molecule has 0 spiro atoms. The molecule has 1 nitrogen and oxygen atoms in total. The van der Waals surface area contributed by atoms with Gasteiger partial charge in [0.15, 0.2) is 0 Å². The van der Waals surface area contributed by atoms with Crippen molar-refractivity contribution in [3.8, 4) is 0 Å². The second kappa shape index (κ2) is 3.51. The number of rotatable bonds is 1. The molecular weight excluding hydrogens is 184 g/mol. The normalized spacial score (nSPS) is 22.2. The molecule has 68 valence electrons. The fraction of sp³-hybridized carbons (Fsp3) is 0.364. The molecule has 1 aliphatic rings. The lowest BCUT2D eigenvalue weighted by Crippen LogP contribution is -1.93. The summed E-state index contributed by atoms with van der Waals surface area (Å²) >= 11 is 5.78. The highest BCUT2D eigenvalue weighted by Crippen LogP contribution is 2.32. The first-order valence-corrected chi connectivity index (χ1v) is 4.90. The molecule has 1 aromatic rings. The van der Waals surface area contributed by atoms with E-state index < -0.39 is 0 Å². The van der Waals surface area contributed by atoms with Gasteiger partial charge in [0.25, 0.3) is 0 Å². The Balaban J connectivity index is 2.17. The zero-order valence-electron chi connectivity index (χ0n) is 7.29. The van der Waals surface area contributed by atoms with E-state index in [-0.39, 0.29) is 0 Å². The first kappa shape index (κ1) is 8.76. The van der Waals surface area contributed by atoms with Crippen molar-refractivity contribution in [2.45, 2.75) is 25.2 Å². The van der Waals surface area contributed by atoms with Crippen LogP contribution in [0.25, 0.3) is 0 Å². The predicted molar refractivity (Wildman–Crippen MR) is 53.1 cm³/mol. The standard InChI is InChI=1S/C11H11ClO/c12-10-4-1-8(2-5-10)9-3-6-11(13)7-9/h1-2,4-5,9H,3,6-7H2. The summed E-state index contributed by atoms with van der Waals surface area (Å²) < 4.78 is 0. The summed E-state index contributed by atoms with van der Waals surface area (Å²) in [7, 11) is 0. The van der Waals surface area contributed by atoms with Gasteiger partial charge in [-0.05, 0) is 30.0 Å². The number of carbonyl (C=O) groups excluding carboxylic acids is 1. The molecule has 2 heteroatoms. The molecule has 1 aliphatic carbocycles. The lowest BCUT2D eigenvalue weighted by atomic mass is 9.98. The average molecular weight is 195 g/mol. The molecule has 1 atom stereocenters. The van der Waals surface area contributed by atoms with Crippen molar-refractivity contribution in [3.63, 3.8) is 0 Å². The Kier molecular flexibility index (Phi) is 2.36. The summed E-state index contributed by atoms with van der Waals surface area (Å²) in [6, 6.07) is 7.82. The van der Waals surface area contributed by atoms with Gasteiger partial charge in [0.05, 0.1) is 0 Å². The Morgan fingerprint density at radius 2 is 1.92 bits per heavy atom. The smallest absolute Gasteiger partial charge is 0.133 e. The molecule has 0 heterocycles. The van der Waals surface area contributed by atoms with Crippen molar-refractivity contribution in [1.29, 1.82) is 0 Å². The lowest BCUT2D eigenvalue weighted by molar-refractivity contribution is -0.117. The van der Waals surface area contributed by atoms with E-state index in [1.54, 1.807) is 0 Å². The molecule has 13 heavy (non-hydrogen) atoms. The van der Waals surface area contributed by atoms with Gasteiger partial charge in [0, 0.05) is 17.9 Å². The summed E-state index contributed by atoms with van der Waals surface area (Å²) in [6.07, 6.45) is 2.45. The maximum Gasteiger partial charge on any atom is 0.133 e. The highest BCUT2D eigenvalue weighted by molar-refractivity contribution is 6.30. The topological polar surface area (TPSA) is 17.1 Å². The molecule has 1 unspecified atom stereocenters. The minimum atomic E-state index is 0.389. The minimum absolute atomic E-state index is 0.389. The molecule has 1 aromatic carbocycles. The van der Waals surface area contributed by atoms with Gasteiger partial charge in [-0.25, -0.2) is 0 Å². The van der Waals surface area contributed by atoms with Crippen molar-refractivity contribution in [1.82, 2.24) is 0 Å². The monoisotopic (exact) mass is 194 g/mol. The van der Waals surface area contributed by atoms with Crippen molar-refractivity contribution in [2.24, 2.45) is 0 Å². The first-order valence-electron chi connectivity index (χ1n) is 4.53. The highest BCUT2D eigenvalue weighted by atomic mass is 35.5. The van der Waals surface area contributed by atoms with Crippen LogP contribution in [0.1, 0.15) is 30.7 Å². The van der Waals surface area contributed by atoms with E-state index in [0.29, 0.717) is 18.1 Å². The van der Waals surface area contributed by atoms with Gasteiger partial charge < -0.3 is 0 Å². The van der Waals surface area contributed by atoms with Crippen LogP contribution in [0.3, 0.4) is 0 Å². The van der Waals surface area contributed by atoms with Gasteiger partial charge in [-0.1, -0.05) is 23.7 Å². The van der Waals surface area contributed by atoms with Crippen LogP contribution in [0.15, 0.2) is 24.3 Å². The maximum absolute atomic E-state index is 11.1. The number of Topliss-reactive ketones (excluding diaryl/α,β-unsaturated/α-hetero) is 1. The van der Waals surface area contributed by atoms with E-state index in [1.165, 1.54) is 5.56 Å². The fourth-order valence-corrected chi connectivity index (χ4v) is 1.96. The molecule has 0 radical (unpaired) electrons. The van der Waals surface area contributed by atoms with Gasteiger partial charge in [-0.3, -0.25) is 4.79 Å². The summed E-state index contributed by atoms with van der Waals surface area (Å²) in [5.41, 5.74) is 1.25. The van der Waals surface area contributed by atoms with Crippen LogP contribution in [-0.4, -0.2) is 5.78 Å². The lowest BCUT2D eigenvalue weighted by Gasteiger charge is -2.07. The summed E-state index contributed by atoms with van der Waals surface area (Å²) in [4.78, 5) is 11.1. The summed E-state index contributed by atoms with van der Waals surface area (Å²) in [6.45, 7) is 0. The van der Waals surface area contributed by atoms with Gasteiger partial charge in [0.1, 0.15) is 5.78 Å². The van der Waals surface area contributed by atoms with Crippen LogP contribution in [0.2, 0.25) is 5.02 Å². The number of hydrogen-bond donors (Lipinski definition) is 0. The third-order valence-electron chi connectivity index (χ3n) is 2.59. The number of halogens is 1. The predicted octanol–water partition coefficient (Wildman–Crippen LogP) is 3.18. The van der Waals surface area contributed by atoms with E-state index in [2.05, 4.69) is 0 Å². The minimum Gasteiger partial charge on any atom is -0.300 e. The maximum atomic E-state index is 11.1. The quantitative estimate of drug-likeness (QED) is 0.671. The van der Waals surface area contributed by atoms with E-state index in [9.17, 15) is 4.79 Å². The zero-order valence-corrected chi connectivity index (χ0v) is 8.05. The SMILES string of the molecule is O=C1CCC(c2ccc(Cl)cc2)C1. The van der Waals surface area contributed by atoms with Crippen molar-refractivity contribution in [2.75, 3.05) is 0 Å². The molecule has 1 fully saturated rings. The van der Waals surface area contributed by atoms with E-state index in [0.717, 1.165) is 17.9 Å². The van der Waals surface area contributed by atoms with Gasteiger partial charge in [-0.15, -0.1) is 0 Å². The van der Waals surface area contributed by atoms with Crippen LogP contribution in [0.4, 0.5) is 0 Å². The molecule has 0 N–H and O–H groups in total. The number of ketones is 1. The molecule has 0 saturated heterocycles. The number of benzene rings is 1. The second-order valence-corrected chi connectivity index (χ2v) is 3.97. The molecule has 1 saturated carbocycles. The van der Waals surface area contributed by atoms with Gasteiger partial charge in [-0.2, -0.15) is 0 Å². The van der Waals surface area contributed by atoms with Crippen molar-refractivity contribution >= 4 is 17.4 Å². The Morgan fingerprint density at radius 3 is 2.46 bits per heavy atom.